The minimum absolute atomic E-state index is 0.221. The first-order valence-electron chi connectivity index (χ1n) is 5.74. The summed E-state index contributed by atoms with van der Waals surface area (Å²) in [6.07, 6.45) is 0. The fourth-order valence-electron chi connectivity index (χ4n) is 1.76. The van der Waals surface area contributed by atoms with E-state index in [0.29, 0.717) is 27.9 Å². The van der Waals surface area contributed by atoms with E-state index in [1.807, 2.05) is 12.1 Å². The van der Waals surface area contributed by atoms with Crippen LogP contribution in [-0.4, -0.2) is 4.98 Å². The molecule has 3 rings (SSSR count). The fraction of sp³-hybridized carbons (Fsp3) is 0.0714. The SMILES string of the molecule is Nc1ccc2oc(COc3ccccc3Cl)nc2c1. The van der Waals surface area contributed by atoms with Gasteiger partial charge in [-0.3, -0.25) is 0 Å². The first-order valence-corrected chi connectivity index (χ1v) is 6.12. The second-order valence-corrected chi connectivity index (χ2v) is 4.46. The maximum absolute atomic E-state index is 6.00. The van der Waals surface area contributed by atoms with Gasteiger partial charge in [-0.15, -0.1) is 0 Å². The lowest BCUT2D eigenvalue weighted by Crippen LogP contribution is -1.95. The predicted molar refractivity (Wildman–Crippen MR) is 74.2 cm³/mol. The number of aromatic nitrogens is 1. The number of anilines is 1. The first-order chi connectivity index (χ1) is 9.22. The number of nitrogens with two attached hydrogens (primary N) is 1. The van der Waals surface area contributed by atoms with E-state index in [4.69, 9.17) is 26.5 Å². The summed E-state index contributed by atoms with van der Waals surface area (Å²) in [5.41, 5.74) is 7.75. The Morgan fingerprint density at radius 2 is 2.05 bits per heavy atom. The Hall–Kier alpha value is -2.20. The zero-order valence-corrected chi connectivity index (χ0v) is 10.7. The third-order valence-electron chi connectivity index (χ3n) is 2.64. The zero-order chi connectivity index (χ0) is 13.2. The van der Waals surface area contributed by atoms with Gasteiger partial charge in [0.15, 0.2) is 12.2 Å². The van der Waals surface area contributed by atoms with Gasteiger partial charge in [0.25, 0.3) is 0 Å². The molecule has 2 N–H and O–H groups in total. The molecule has 5 heteroatoms. The lowest BCUT2D eigenvalue weighted by atomic mass is 10.3. The molecular weight excluding hydrogens is 264 g/mol. The molecule has 3 aromatic rings. The number of para-hydroxylation sites is 1. The summed E-state index contributed by atoms with van der Waals surface area (Å²) in [7, 11) is 0. The molecule has 1 aromatic heterocycles. The second-order valence-electron chi connectivity index (χ2n) is 4.05. The Labute approximate surface area is 114 Å². The summed E-state index contributed by atoms with van der Waals surface area (Å²) in [5, 5.41) is 0.558. The molecular formula is C14H11ClN2O2. The highest BCUT2D eigenvalue weighted by molar-refractivity contribution is 6.32. The molecule has 0 aliphatic rings. The third kappa shape index (κ3) is 2.48. The van der Waals surface area contributed by atoms with Crippen LogP contribution in [0.25, 0.3) is 11.1 Å². The minimum Gasteiger partial charge on any atom is -0.482 e. The van der Waals surface area contributed by atoms with Crippen LogP contribution in [0, 0.1) is 0 Å². The number of fused-ring (bicyclic) bond motifs is 1. The Kier molecular flexibility index (Phi) is 3.01. The van der Waals surface area contributed by atoms with E-state index in [9.17, 15) is 0 Å². The van der Waals surface area contributed by atoms with Crippen LogP contribution in [0.2, 0.25) is 5.02 Å². The van der Waals surface area contributed by atoms with E-state index >= 15 is 0 Å². The average molecular weight is 275 g/mol. The molecule has 0 spiro atoms. The lowest BCUT2D eigenvalue weighted by Gasteiger charge is -2.04. The summed E-state index contributed by atoms with van der Waals surface area (Å²) in [6.45, 7) is 0.221. The van der Waals surface area contributed by atoms with E-state index < -0.39 is 0 Å². The Morgan fingerprint density at radius 3 is 2.89 bits per heavy atom. The minimum atomic E-state index is 0.221. The Balaban J connectivity index is 1.80. The number of nitrogens with zero attached hydrogens (tertiary/aromatic N) is 1. The van der Waals surface area contributed by atoms with Crippen LogP contribution in [0.1, 0.15) is 5.89 Å². The second kappa shape index (κ2) is 4.82. The molecule has 0 fully saturated rings. The molecule has 0 amide bonds. The highest BCUT2D eigenvalue weighted by atomic mass is 35.5. The number of oxazole rings is 1. The van der Waals surface area contributed by atoms with Gasteiger partial charge < -0.3 is 14.9 Å². The van der Waals surface area contributed by atoms with Crippen molar-refractivity contribution in [1.82, 2.24) is 4.98 Å². The number of hydrogen-bond acceptors (Lipinski definition) is 4. The van der Waals surface area contributed by atoms with Crippen molar-refractivity contribution in [2.24, 2.45) is 0 Å². The van der Waals surface area contributed by atoms with Gasteiger partial charge in [-0.2, -0.15) is 0 Å². The molecule has 0 atom stereocenters. The fourth-order valence-corrected chi connectivity index (χ4v) is 1.95. The number of rotatable bonds is 3. The van der Waals surface area contributed by atoms with Crippen molar-refractivity contribution in [3.63, 3.8) is 0 Å². The summed E-state index contributed by atoms with van der Waals surface area (Å²) in [4.78, 5) is 4.30. The molecule has 0 saturated carbocycles. The van der Waals surface area contributed by atoms with Gasteiger partial charge in [-0.25, -0.2) is 4.98 Å². The molecule has 2 aromatic carbocycles. The molecule has 0 bridgehead atoms. The Morgan fingerprint density at radius 1 is 1.21 bits per heavy atom. The van der Waals surface area contributed by atoms with Crippen LogP contribution in [0.3, 0.4) is 0 Å². The van der Waals surface area contributed by atoms with Gasteiger partial charge in [-0.05, 0) is 30.3 Å². The first kappa shape index (κ1) is 11.9. The topological polar surface area (TPSA) is 61.3 Å². The number of ether oxygens (including phenoxy) is 1. The number of hydrogen-bond donors (Lipinski definition) is 1. The summed E-state index contributed by atoms with van der Waals surface area (Å²) < 4.78 is 11.1. The molecule has 0 unspecified atom stereocenters. The molecule has 19 heavy (non-hydrogen) atoms. The van der Waals surface area contributed by atoms with Gasteiger partial charge in [0.1, 0.15) is 11.3 Å². The van der Waals surface area contributed by atoms with Crippen LogP contribution in [0.15, 0.2) is 46.9 Å². The van der Waals surface area contributed by atoms with Crippen LogP contribution < -0.4 is 10.5 Å². The van der Waals surface area contributed by atoms with Crippen LogP contribution >= 0.6 is 11.6 Å². The van der Waals surface area contributed by atoms with E-state index in [2.05, 4.69) is 4.98 Å². The largest absolute Gasteiger partial charge is 0.482 e. The lowest BCUT2D eigenvalue weighted by molar-refractivity contribution is 0.267. The smallest absolute Gasteiger partial charge is 0.233 e. The van der Waals surface area contributed by atoms with Gasteiger partial charge in [0, 0.05) is 5.69 Å². The third-order valence-corrected chi connectivity index (χ3v) is 2.96. The normalized spacial score (nSPS) is 10.8. The van der Waals surface area contributed by atoms with Gasteiger partial charge in [0.2, 0.25) is 5.89 Å². The summed E-state index contributed by atoms with van der Waals surface area (Å²) in [5.74, 6) is 1.09. The van der Waals surface area contributed by atoms with E-state index in [1.165, 1.54) is 0 Å². The molecule has 1 heterocycles. The standard InChI is InChI=1S/C14H11ClN2O2/c15-10-3-1-2-4-12(10)18-8-14-17-11-7-9(16)5-6-13(11)19-14/h1-7H,8,16H2. The highest BCUT2D eigenvalue weighted by Gasteiger charge is 2.07. The van der Waals surface area contributed by atoms with E-state index in [0.717, 1.165) is 5.52 Å². The molecule has 0 aliphatic carbocycles. The van der Waals surface area contributed by atoms with Crippen LogP contribution in [0.4, 0.5) is 5.69 Å². The number of halogens is 1. The van der Waals surface area contributed by atoms with Crippen LogP contribution in [-0.2, 0) is 6.61 Å². The van der Waals surface area contributed by atoms with E-state index in [1.54, 1.807) is 30.3 Å². The van der Waals surface area contributed by atoms with Crippen molar-refractivity contribution in [2.75, 3.05) is 5.73 Å². The number of benzene rings is 2. The van der Waals surface area contributed by atoms with Crippen molar-refractivity contribution in [1.29, 1.82) is 0 Å². The monoisotopic (exact) mass is 274 g/mol. The van der Waals surface area contributed by atoms with Crippen molar-refractivity contribution in [2.45, 2.75) is 6.61 Å². The van der Waals surface area contributed by atoms with Crippen molar-refractivity contribution in [3.8, 4) is 5.75 Å². The number of nitrogen functional groups attached to an aromatic ring is 1. The summed E-state index contributed by atoms with van der Waals surface area (Å²) >= 11 is 6.00. The average Bonchev–Trinajstić information content (AvgIpc) is 2.79. The van der Waals surface area contributed by atoms with Gasteiger partial charge in [0.05, 0.1) is 5.02 Å². The Bertz CT molecular complexity index is 724. The molecule has 0 radical (unpaired) electrons. The van der Waals surface area contributed by atoms with Crippen molar-refractivity contribution < 1.29 is 9.15 Å². The van der Waals surface area contributed by atoms with Crippen LogP contribution in [0.5, 0.6) is 5.75 Å². The highest BCUT2D eigenvalue weighted by Crippen LogP contribution is 2.25. The van der Waals surface area contributed by atoms with Crippen molar-refractivity contribution >= 4 is 28.4 Å². The van der Waals surface area contributed by atoms with Gasteiger partial charge in [-0.1, -0.05) is 23.7 Å². The quantitative estimate of drug-likeness (QED) is 0.741. The zero-order valence-electron chi connectivity index (χ0n) is 9.97. The van der Waals surface area contributed by atoms with E-state index in [-0.39, 0.29) is 6.61 Å². The van der Waals surface area contributed by atoms with Crippen molar-refractivity contribution in [3.05, 3.63) is 53.4 Å². The summed E-state index contributed by atoms with van der Waals surface area (Å²) in [6, 6.07) is 12.6. The maximum Gasteiger partial charge on any atom is 0.233 e. The predicted octanol–water partition coefficient (Wildman–Crippen LogP) is 3.64. The van der Waals surface area contributed by atoms with Gasteiger partial charge >= 0.3 is 0 Å². The molecule has 96 valence electrons. The molecule has 0 aliphatic heterocycles. The molecule has 0 saturated heterocycles. The maximum atomic E-state index is 6.00. The molecule has 4 nitrogen and oxygen atoms in total.